The Morgan fingerprint density at radius 2 is 1.70 bits per heavy atom. The molecular weight excluding hydrogens is 466 g/mol. The second-order valence-corrected chi connectivity index (χ2v) is 8.61. The van der Waals surface area contributed by atoms with Crippen molar-refractivity contribution in [2.45, 2.75) is 45.7 Å². The third-order valence-electron chi connectivity index (χ3n) is 4.74. The molecule has 0 saturated carbocycles. The van der Waals surface area contributed by atoms with Gasteiger partial charge in [0.2, 0.25) is 11.8 Å². The van der Waals surface area contributed by atoms with Crippen LogP contribution in [0.4, 0.5) is 0 Å². The number of carbonyl (C=O) groups is 2. The van der Waals surface area contributed by atoms with Gasteiger partial charge in [-0.3, -0.25) is 9.59 Å². The van der Waals surface area contributed by atoms with Crippen LogP contribution in [0.3, 0.4) is 0 Å². The molecule has 0 saturated heterocycles. The van der Waals surface area contributed by atoms with E-state index in [0.29, 0.717) is 37.8 Å². The highest BCUT2D eigenvalue weighted by molar-refractivity contribution is 6.36. The van der Waals surface area contributed by atoms with Crippen LogP contribution in [0.15, 0.2) is 36.4 Å². The molecule has 0 radical (unpaired) electrons. The lowest BCUT2D eigenvalue weighted by Crippen LogP contribution is -2.48. The minimum atomic E-state index is -0.715. The van der Waals surface area contributed by atoms with Crippen molar-refractivity contribution in [3.05, 3.63) is 67.6 Å². The standard InChI is InChI=1S/C22H24Cl4N2O2/c1-3-4-10-27-22(30)14(2)28(13-17-18(24)6-5-7-19(17)25)21(29)11-15-8-9-16(23)12-20(15)26/h5-9,12,14H,3-4,10-11,13H2,1-2H3,(H,27,30)/t14-/m0/s1. The number of halogens is 4. The lowest BCUT2D eigenvalue weighted by molar-refractivity contribution is -0.140. The number of carbonyl (C=O) groups excluding carboxylic acids is 2. The molecule has 2 aromatic carbocycles. The van der Waals surface area contributed by atoms with Gasteiger partial charge in [-0.15, -0.1) is 0 Å². The first-order chi connectivity index (χ1) is 14.2. The monoisotopic (exact) mass is 488 g/mol. The third-order valence-corrected chi connectivity index (χ3v) is 6.04. The zero-order valence-corrected chi connectivity index (χ0v) is 19.9. The van der Waals surface area contributed by atoms with E-state index in [4.69, 9.17) is 46.4 Å². The third kappa shape index (κ3) is 6.78. The van der Waals surface area contributed by atoms with Crippen molar-refractivity contribution in [3.63, 3.8) is 0 Å². The van der Waals surface area contributed by atoms with Crippen molar-refractivity contribution in [1.29, 1.82) is 0 Å². The summed E-state index contributed by atoms with van der Waals surface area (Å²) >= 11 is 24.8. The molecule has 0 bridgehead atoms. The van der Waals surface area contributed by atoms with Crippen LogP contribution in [0.1, 0.15) is 37.8 Å². The van der Waals surface area contributed by atoms with Gasteiger partial charge in [-0.1, -0.05) is 71.9 Å². The minimum absolute atomic E-state index is 0.0185. The van der Waals surface area contributed by atoms with Crippen LogP contribution in [0.5, 0.6) is 0 Å². The Bertz CT molecular complexity index is 884. The number of hydrogen-bond acceptors (Lipinski definition) is 2. The normalized spacial score (nSPS) is 11.8. The highest BCUT2D eigenvalue weighted by atomic mass is 35.5. The second-order valence-electron chi connectivity index (χ2n) is 6.95. The van der Waals surface area contributed by atoms with Gasteiger partial charge in [-0.25, -0.2) is 0 Å². The van der Waals surface area contributed by atoms with E-state index in [-0.39, 0.29) is 24.8 Å². The van der Waals surface area contributed by atoms with Crippen LogP contribution < -0.4 is 5.32 Å². The summed E-state index contributed by atoms with van der Waals surface area (Å²) in [4.78, 5) is 27.4. The Kier molecular flexibility index (Phi) is 9.76. The van der Waals surface area contributed by atoms with Crippen LogP contribution in [0.25, 0.3) is 0 Å². The van der Waals surface area contributed by atoms with Gasteiger partial charge in [0.25, 0.3) is 0 Å². The van der Waals surface area contributed by atoms with Gasteiger partial charge in [0.05, 0.1) is 6.42 Å². The molecule has 30 heavy (non-hydrogen) atoms. The Morgan fingerprint density at radius 1 is 1.03 bits per heavy atom. The van der Waals surface area contributed by atoms with Gasteiger partial charge in [0, 0.05) is 38.7 Å². The topological polar surface area (TPSA) is 49.4 Å². The fourth-order valence-corrected chi connectivity index (χ4v) is 3.89. The van der Waals surface area contributed by atoms with Crippen molar-refractivity contribution >= 4 is 58.2 Å². The zero-order valence-electron chi connectivity index (χ0n) is 16.9. The summed E-state index contributed by atoms with van der Waals surface area (Å²) in [6, 6.07) is 9.38. The molecule has 8 heteroatoms. The number of benzene rings is 2. The first-order valence-corrected chi connectivity index (χ1v) is 11.2. The minimum Gasteiger partial charge on any atom is -0.354 e. The number of nitrogens with zero attached hydrogens (tertiary/aromatic N) is 1. The Morgan fingerprint density at radius 3 is 2.30 bits per heavy atom. The molecule has 0 unspecified atom stereocenters. The number of nitrogens with one attached hydrogen (secondary N) is 1. The molecule has 0 heterocycles. The SMILES string of the molecule is CCCCNC(=O)[C@H](C)N(Cc1c(Cl)cccc1Cl)C(=O)Cc1ccc(Cl)cc1Cl. The number of amides is 2. The summed E-state index contributed by atoms with van der Waals surface area (Å²) in [7, 11) is 0. The lowest BCUT2D eigenvalue weighted by Gasteiger charge is -2.29. The quantitative estimate of drug-likeness (QED) is 0.427. The molecule has 0 aliphatic carbocycles. The van der Waals surface area contributed by atoms with Gasteiger partial charge in [-0.2, -0.15) is 0 Å². The van der Waals surface area contributed by atoms with Gasteiger partial charge < -0.3 is 10.2 Å². The molecule has 1 N–H and O–H groups in total. The van der Waals surface area contributed by atoms with Gasteiger partial charge in [0.1, 0.15) is 6.04 Å². The smallest absolute Gasteiger partial charge is 0.242 e. The average Bonchev–Trinajstić information content (AvgIpc) is 2.69. The highest BCUT2D eigenvalue weighted by Gasteiger charge is 2.27. The summed E-state index contributed by atoms with van der Waals surface area (Å²) < 4.78 is 0. The van der Waals surface area contributed by atoms with Crippen LogP contribution >= 0.6 is 46.4 Å². The van der Waals surface area contributed by atoms with Crippen LogP contribution in [-0.2, 0) is 22.6 Å². The van der Waals surface area contributed by atoms with Crippen LogP contribution in [0.2, 0.25) is 20.1 Å². The maximum atomic E-state index is 13.2. The number of rotatable bonds is 9. The Hall–Kier alpha value is -1.46. The van der Waals surface area contributed by atoms with E-state index in [1.165, 1.54) is 4.90 Å². The summed E-state index contributed by atoms with van der Waals surface area (Å²) in [6.45, 7) is 4.39. The first-order valence-electron chi connectivity index (χ1n) is 9.68. The van der Waals surface area contributed by atoms with Gasteiger partial charge >= 0.3 is 0 Å². The van der Waals surface area contributed by atoms with Crippen LogP contribution in [-0.4, -0.2) is 29.3 Å². The van der Waals surface area contributed by atoms with Crippen LogP contribution in [0, 0.1) is 0 Å². The van der Waals surface area contributed by atoms with Crippen molar-refractivity contribution < 1.29 is 9.59 Å². The van der Waals surface area contributed by atoms with E-state index < -0.39 is 6.04 Å². The van der Waals surface area contributed by atoms with Crippen molar-refractivity contribution in [3.8, 4) is 0 Å². The molecule has 1 atom stereocenters. The van der Waals surface area contributed by atoms with E-state index in [0.717, 1.165) is 12.8 Å². The largest absolute Gasteiger partial charge is 0.354 e. The maximum absolute atomic E-state index is 13.2. The molecule has 2 amide bonds. The van der Waals surface area contributed by atoms with E-state index in [2.05, 4.69) is 5.32 Å². The summed E-state index contributed by atoms with van der Waals surface area (Å²) in [6.07, 6.45) is 1.84. The molecule has 0 aliphatic rings. The molecule has 2 aromatic rings. The van der Waals surface area contributed by atoms with Crippen molar-refractivity contribution in [2.24, 2.45) is 0 Å². The Labute approximate surface area is 197 Å². The zero-order chi connectivity index (χ0) is 22.3. The number of hydrogen-bond donors (Lipinski definition) is 1. The van der Waals surface area contributed by atoms with Crippen molar-refractivity contribution in [2.75, 3.05) is 6.54 Å². The molecule has 162 valence electrons. The molecule has 0 aromatic heterocycles. The predicted molar refractivity (Wildman–Crippen MR) is 125 cm³/mol. The van der Waals surface area contributed by atoms with E-state index >= 15 is 0 Å². The maximum Gasteiger partial charge on any atom is 0.242 e. The predicted octanol–water partition coefficient (Wildman–Crippen LogP) is 6.18. The molecule has 0 fully saturated rings. The fourth-order valence-electron chi connectivity index (χ4n) is 2.90. The average molecular weight is 490 g/mol. The molecule has 0 spiro atoms. The molecule has 4 nitrogen and oxygen atoms in total. The molecule has 0 aliphatic heterocycles. The summed E-state index contributed by atoms with van der Waals surface area (Å²) in [5, 5.41) is 4.62. The second kappa shape index (κ2) is 11.8. The first kappa shape index (κ1) is 24.8. The number of unbranched alkanes of at least 4 members (excludes halogenated alkanes) is 1. The van der Waals surface area contributed by atoms with E-state index in [9.17, 15) is 9.59 Å². The Balaban J connectivity index is 2.29. The summed E-state index contributed by atoms with van der Waals surface area (Å²) in [5.41, 5.74) is 1.21. The highest BCUT2D eigenvalue weighted by Crippen LogP contribution is 2.27. The summed E-state index contributed by atoms with van der Waals surface area (Å²) in [5.74, 6) is -0.504. The van der Waals surface area contributed by atoms with Crippen molar-refractivity contribution in [1.82, 2.24) is 10.2 Å². The molecular formula is C22H24Cl4N2O2. The van der Waals surface area contributed by atoms with E-state index in [1.54, 1.807) is 43.3 Å². The van der Waals surface area contributed by atoms with E-state index in [1.807, 2.05) is 6.92 Å². The lowest BCUT2D eigenvalue weighted by atomic mass is 10.1. The van der Waals surface area contributed by atoms with Gasteiger partial charge in [0.15, 0.2) is 0 Å². The fraction of sp³-hybridized carbons (Fsp3) is 0.364. The molecule has 2 rings (SSSR count). The van der Waals surface area contributed by atoms with Gasteiger partial charge in [-0.05, 0) is 43.2 Å².